The highest BCUT2D eigenvalue weighted by Gasteiger charge is 2.35. The molecule has 1 heterocycles. The molecule has 2 rings (SSSR count). The highest BCUT2D eigenvalue weighted by Crippen LogP contribution is 2.26. The molecule has 25 heavy (non-hydrogen) atoms. The molecule has 0 bridgehead atoms. The van der Waals surface area contributed by atoms with Crippen LogP contribution in [0, 0.1) is 0 Å². The second-order valence-corrected chi connectivity index (χ2v) is 5.46. The summed E-state index contributed by atoms with van der Waals surface area (Å²) < 4.78 is 29.4. The van der Waals surface area contributed by atoms with E-state index in [0.717, 1.165) is 0 Å². The summed E-state index contributed by atoms with van der Waals surface area (Å²) >= 11 is 0. The van der Waals surface area contributed by atoms with Gasteiger partial charge in [0.2, 0.25) is 5.91 Å². The number of hydrogen-bond acceptors (Lipinski definition) is 4. The maximum absolute atomic E-state index is 12.7. The van der Waals surface area contributed by atoms with Gasteiger partial charge in [0.25, 0.3) is 5.91 Å². The first-order valence-electron chi connectivity index (χ1n) is 7.87. The molecule has 2 amide bonds. The molecular weight excluding hydrogens is 356 g/mol. The molecule has 9 heteroatoms. The first-order chi connectivity index (χ1) is 11.5. The van der Waals surface area contributed by atoms with Gasteiger partial charge in [-0.05, 0) is 37.9 Å². The first-order valence-corrected chi connectivity index (χ1v) is 7.87. The molecular formula is C16H22ClF2N3O3. The predicted molar refractivity (Wildman–Crippen MR) is 91.1 cm³/mol. The molecule has 1 aliphatic rings. The van der Waals surface area contributed by atoms with Crippen molar-refractivity contribution in [2.75, 3.05) is 19.6 Å². The molecule has 1 aromatic rings. The summed E-state index contributed by atoms with van der Waals surface area (Å²) in [6, 6.07) is 5.20. The highest BCUT2D eigenvalue weighted by molar-refractivity contribution is 6.00. The molecule has 1 unspecified atom stereocenters. The van der Waals surface area contributed by atoms with Gasteiger partial charge in [-0.3, -0.25) is 9.59 Å². The van der Waals surface area contributed by atoms with E-state index in [1.165, 1.54) is 23.1 Å². The van der Waals surface area contributed by atoms with Crippen molar-refractivity contribution in [3.63, 3.8) is 0 Å². The van der Waals surface area contributed by atoms with E-state index in [0.29, 0.717) is 38.9 Å². The highest BCUT2D eigenvalue weighted by atomic mass is 35.5. The van der Waals surface area contributed by atoms with Crippen LogP contribution in [0.1, 0.15) is 29.6 Å². The van der Waals surface area contributed by atoms with E-state index in [4.69, 9.17) is 5.73 Å². The number of likely N-dealkylation sites (tertiary alicyclic amines) is 1. The van der Waals surface area contributed by atoms with Crippen molar-refractivity contribution in [3.8, 4) is 5.75 Å². The number of carbonyl (C=O) groups is 2. The largest absolute Gasteiger partial charge is 0.434 e. The second kappa shape index (κ2) is 10.1. The standard InChI is InChI=1S/C16H21F2N3O3.ClH/c17-16(18)24-13-7-2-1-5-11(13)15(23)21-10-3-6-12(21)14(22)20-9-4-8-19;/h1-2,5,7,12,16H,3-4,6,8-10,19H2,(H,20,22);1H. The van der Waals surface area contributed by atoms with E-state index in [9.17, 15) is 18.4 Å². The maximum atomic E-state index is 12.7. The summed E-state index contributed by atoms with van der Waals surface area (Å²) in [4.78, 5) is 26.3. The topological polar surface area (TPSA) is 84.7 Å². The quantitative estimate of drug-likeness (QED) is 0.709. The molecule has 1 aliphatic heterocycles. The summed E-state index contributed by atoms with van der Waals surface area (Å²) in [6.07, 6.45) is 1.87. The lowest BCUT2D eigenvalue weighted by atomic mass is 10.1. The number of halogens is 3. The van der Waals surface area contributed by atoms with Crippen molar-refractivity contribution in [3.05, 3.63) is 29.8 Å². The predicted octanol–water partition coefficient (Wildman–Crippen LogP) is 1.78. The van der Waals surface area contributed by atoms with Gasteiger partial charge in [0.15, 0.2) is 0 Å². The van der Waals surface area contributed by atoms with Crippen LogP contribution < -0.4 is 15.8 Å². The number of ether oxygens (including phenoxy) is 1. The van der Waals surface area contributed by atoms with Gasteiger partial charge in [0, 0.05) is 13.1 Å². The van der Waals surface area contributed by atoms with Crippen molar-refractivity contribution in [2.45, 2.75) is 31.9 Å². The van der Waals surface area contributed by atoms with Crippen molar-refractivity contribution in [2.24, 2.45) is 5.73 Å². The summed E-state index contributed by atoms with van der Waals surface area (Å²) in [6.45, 7) is -1.71. The fourth-order valence-corrected chi connectivity index (χ4v) is 2.71. The third kappa shape index (κ3) is 5.54. The van der Waals surface area contributed by atoms with Gasteiger partial charge in [-0.25, -0.2) is 0 Å². The molecule has 0 aromatic heterocycles. The number of nitrogens with zero attached hydrogens (tertiary/aromatic N) is 1. The van der Waals surface area contributed by atoms with Crippen LogP contribution in [-0.4, -0.2) is 49.0 Å². The van der Waals surface area contributed by atoms with Crippen LogP contribution in [0.4, 0.5) is 8.78 Å². The van der Waals surface area contributed by atoms with Crippen molar-refractivity contribution in [1.29, 1.82) is 0 Å². The average molecular weight is 378 g/mol. The average Bonchev–Trinajstić information content (AvgIpc) is 3.04. The molecule has 0 saturated carbocycles. The number of rotatable bonds is 7. The Morgan fingerprint density at radius 1 is 1.36 bits per heavy atom. The van der Waals surface area contributed by atoms with E-state index < -0.39 is 18.6 Å². The number of nitrogens with one attached hydrogen (secondary N) is 1. The number of nitrogens with two attached hydrogens (primary N) is 1. The second-order valence-electron chi connectivity index (χ2n) is 5.46. The third-order valence-corrected chi connectivity index (χ3v) is 3.83. The summed E-state index contributed by atoms with van der Waals surface area (Å²) in [5.74, 6) is -0.920. The van der Waals surface area contributed by atoms with Gasteiger partial charge in [-0.2, -0.15) is 8.78 Å². The molecule has 1 aromatic carbocycles. The summed E-state index contributed by atoms with van der Waals surface area (Å²) in [7, 11) is 0. The minimum Gasteiger partial charge on any atom is -0.434 e. The SMILES string of the molecule is Cl.NCCCNC(=O)C1CCCN1C(=O)c1ccccc1OC(F)F. The van der Waals surface area contributed by atoms with E-state index in [1.807, 2.05) is 0 Å². The lowest BCUT2D eigenvalue weighted by molar-refractivity contribution is -0.124. The van der Waals surface area contributed by atoms with Crippen molar-refractivity contribution in [1.82, 2.24) is 10.2 Å². The van der Waals surface area contributed by atoms with Crippen molar-refractivity contribution >= 4 is 24.2 Å². The van der Waals surface area contributed by atoms with E-state index in [-0.39, 0.29) is 29.6 Å². The maximum Gasteiger partial charge on any atom is 0.387 e. The van der Waals surface area contributed by atoms with Gasteiger partial charge in [-0.15, -0.1) is 12.4 Å². The van der Waals surface area contributed by atoms with Crippen LogP contribution in [-0.2, 0) is 4.79 Å². The molecule has 140 valence electrons. The van der Waals surface area contributed by atoms with E-state index in [2.05, 4.69) is 10.1 Å². The number of benzene rings is 1. The monoisotopic (exact) mass is 377 g/mol. The smallest absolute Gasteiger partial charge is 0.387 e. The molecule has 1 saturated heterocycles. The number of carbonyl (C=O) groups excluding carboxylic acids is 2. The Labute approximate surface area is 151 Å². The lowest BCUT2D eigenvalue weighted by Crippen LogP contribution is -2.46. The zero-order valence-electron chi connectivity index (χ0n) is 13.6. The van der Waals surface area contributed by atoms with Gasteiger partial charge in [0.1, 0.15) is 11.8 Å². The molecule has 0 spiro atoms. The summed E-state index contributed by atoms with van der Waals surface area (Å²) in [5.41, 5.74) is 5.41. The number of amides is 2. The Kier molecular flexibility index (Phi) is 8.57. The first kappa shape index (κ1) is 21.1. The Hall–Kier alpha value is -1.93. The Bertz CT molecular complexity index is 589. The Morgan fingerprint density at radius 3 is 2.76 bits per heavy atom. The molecule has 0 aliphatic carbocycles. The number of alkyl halides is 2. The van der Waals surface area contributed by atoms with Crippen LogP contribution in [0.15, 0.2) is 24.3 Å². The number of para-hydroxylation sites is 1. The lowest BCUT2D eigenvalue weighted by Gasteiger charge is -2.24. The van der Waals surface area contributed by atoms with Crippen molar-refractivity contribution < 1.29 is 23.1 Å². The fourth-order valence-electron chi connectivity index (χ4n) is 2.71. The van der Waals surface area contributed by atoms with Crippen LogP contribution in [0.25, 0.3) is 0 Å². The fraction of sp³-hybridized carbons (Fsp3) is 0.500. The molecule has 0 radical (unpaired) electrons. The summed E-state index contributed by atoms with van der Waals surface area (Å²) in [5, 5.41) is 2.74. The zero-order valence-corrected chi connectivity index (χ0v) is 14.4. The van der Waals surface area contributed by atoms with Gasteiger partial charge >= 0.3 is 6.61 Å². The third-order valence-electron chi connectivity index (χ3n) is 3.83. The normalized spacial score (nSPS) is 16.5. The Balaban J connectivity index is 0.00000312. The van der Waals surface area contributed by atoms with Gasteiger partial charge in [0.05, 0.1) is 5.56 Å². The van der Waals surface area contributed by atoms with E-state index >= 15 is 0 Å². The van der Waals surface area contributed by atoms with Gasteiger partial charge < -0.3 is 20.7 Å². The molecule has 1 atom stereocenters. The molecule has 1 fully saturated rings. The minimum atomic E-state index is -3.02. The Morgan fingerprint density at radius 2 is 2.08 bits per heavy atom. The minimum absolute atomic E-state index is 0. The zero-order chi connectivity index (χ0) is 17.5. The van der Waals surface area contributed by atoms with Gasteiger partial charge in [-0.1, -0.05) is 12.1 Å². The molecule has 3 N–H and O–H groups in total. The van der Waals surface area contributed by atoms with Crippen LogP contribution in [0.5, 0.6) is 5.75 Å². The number of hydrogen-bond donors (Lipinski definition) is 2. The van der Waals surface area contributed by atoms with Crippen LogP contribution in [0.3, 0.4) is 0 Å². The van der Waals surface area contributed by atoms with E-state index in [1.54, 1.807) is 6.07 Å². The molecule has 6 nitrogen and oxygen atoms in total. The van der Waals surface area contributed by atoms with Crippen LogP contribution >= 0.6 is 12.4 Å². The van der Waals surface area contributed by atoms with Crippen LogP contribution in [0.2, 0.25) is 0 Å².